The lowest BCUT2D eigenvalue weighted by atomic mass is 10.1. The third kappa shape index (κ3) is 4.83. The smallest absolute Gasteiger partial charge is 0.310 e. The summed E-state index contributed by atoms with van der Waals surface area (Å²) in [5.74, 6) is 0.0719. The first-order chi connectivity index (χ1) is 15.7. The number of hydrogen-bond donors (Lipinski definition) is 2. The Hall–Kier alpha value is -3.45. The number of aromatic nitrogens is 1. The molecule has 0 fully saturated rings. The number of rotatable bonds is 6. The molecule has 0 bridgehead atoms. The molecule has 1 aliphatic rings. The normalized spacial score (nSPS) is 13.8. The van der Waals surface area contributed by atoms with Gasteiger partial charge in [-0.1, -0.05) is 24.3 Å². The van der Waals surface area contributed by atoms with E-state index >= 15 is 0 Å². The van der Waals surface area contributed by atoms with Crippen LogP contribution in [0.4, 0.5) is 5.69 Å². The van der Waals surface area contributed by atoms with Gasteiger partial charge in [-0.3, -0.25) is 10.2 Å². The van der Waals surface area contributed by atoms with Gasteiger partial charge in [0.05, 0.1) is 30.3 Å². The Balaban J connectivity index is 1.50. The predicted molar refractivity (Wildman–Crippen MR) is 133 cm³/mol. The zero-order chi connectivity index (χ0) is 23.7. The van der Waals surface area contributed by atoms with Gasteiger partial charge in [-0.25, -0.2) is 4.98 Å². The third-order valence-corrected chi connectivity index (χ3v) is 6.45. The minimum absolute atomic E-state index is 0.130. The van der Waals surface area contributed by atoms with E-state index in [9.17, 15) is 9.90 Å². The Morgan fingerprint density at radius 3 is 2.58 bits per heavy atom. The molecule has 0 unspecified atom stereocenters. The Morgan fingerprint density at radius 1 is 1.18 bits per heavy atom. The zero-order valence-electron chi connectivity index (χ0n) is 19.2. The van der Waals surface area contributed by atoms with E-state index in [4.69, 9.17) is 15.1 Å². The number of hydrogen-bond acceptors (Lipinski definition) is 6. The van der Waals surface area contributed by atoms with Gasteiger partial charge in [0.15, 0.2) is 0 Å². The van der Waals surface area contributed by atoms with E-state index in [2.05, 4.69) is 26.0 Å². The van der Waals surface area contributed by atoms with Gasteiger partial charge >= 0.3 is 5.97 Å². The standard InChI is InChI=1S/C26H27N3O3S/c1-15(2)32-23(31)12-18-6-9-20(10-7-18)29-13-22(30)24(25(29)27)26-28-21(14-33-26)19-8-5-16(3)17(4)11-19/h5-11,14-15,27,30H,12-13H2,1-4H3. The average Bonchev–Trinajstić information content (AvgIpc) is 3.34. The van der Waals surface area contributed by atoms with Crippen LogP contribution in [0.2, 0.25) is 0 Å². The summed E-state index contributed by atoms with van der Waals surface area (Å²) in [6.07, 6.45) is 0.0566. The molecule has 1 aliphatic heterocycles. The molecule has 2 aromatic carbocycles. The van der Waals surface area contributed by atoms with Crippen LogP contribution in [0.1, 0.15) is 35.5 Å². The molecule has 0 radical (unpaired) electrons. The molecule has 0 spiro atoms. The minimum Gasteiger partial charge on any atom is -0.510 e. The van der Waals surface area contributed by atoms with Gasteiger partial charge in [-0.15, -0.1) is 11.3 Å². The summed E-state index contributed by atoms with van der Waals surface area (Å²) in [7, 11) is 0. The number of esters is 1. The van der Waals surface area contributed by atoms with E-state index in [1.165, 1.54) is 22.5 Å². The molecular weight excluding hydrogens is 434 g/mol. The molecule has 0 saturated heterocycles. The number of benzene rings is 2. The van der Waals surface area contributed by atoms with Crippen molar-refractivity contribution in [1.29, 1.82) is 5.41 Å². The second-order valence-corrected chi connectivity index (χ2v) is 9.33. The van der Waals surface area contributed by atoms with E-state index < -0.39 is 0 Å². The molecule has 2 N–H and O–H groups in total. The van der Waals surface area contributed by atoms with Crippen molar-refractivity contribution in [2.24, 2.45) is 0 Å². The van der Waals surface area contributed by atoms with Crippen LogP contribution in [0, 0.1) is 19.3 Å². The maximum Gasteiger partial charge on any atom is 0.310 e. The number of aliphatic hydroxyl groups is 1. The van der Waals surface area contributed by atoms with Gasteiger partial charge in [0.2, 0.25) is 0 Å². The average molecular weight is 462 g/mol. The summed E-state index contributed by atoms with van der Waals surface area (Å²) in [5, 5.41) is 21.9. The number of anilines is 1. The number of aliphatic hydroxyl groups excluding tert-OH is 1. The van der Waals surface area contributed by atoms with E-state index in [0.29, 0.717) is 10.6 Å². The number of ether oxygens (including phenoxy) is 1. The van der Waals surface area contributed by atoms with Crippen LogP contribution in [0.3, 0.4) is 0 Å². The number of thiazole rings is 1. The first-order valence-electron chi connectivity index (χ1n) is 10.8. The highest BCUT2D eigenvalue weighted by molar-refractivity contribution is 7.11. The monoisotopic (exact) mass is 461 g/mol. The molecule has 0 aliphatic carbocycles. The highest BCUT2D eigenvalue weighted by atomic mass is 32.1. The summed E-state index contributed by atoms with van der Waals surface area (Å²) in [5.41, 5.74) is 6.35. The molecule has 7 heteroatoms. The van der Waals surface area contributed by atoms with Crippen molar-refractivity contribution in [1.82, 2.24) is 4.98 Å². The van der Waals surface area contributed by atoms with Gasteiger partial charge in [-0.2, -0.15) is 0 Å². The van der Waals surface area contributed by atoms with E-state index in [-0.39, 0.29) is 36.6 Å². The SMILES string of the molecule is Cc1ccc(-c2csc(C3=C(O)CN(c4ccc(CC(=O)OC(C)C)cc4)C3=N)n2)cc1C. The molecule has 1 aromatic heterocycles. The van der Waals surface area contributed by atoms with Gasteiger partial charge in [0.25, 0.3) is 0 Å². The maximum atomic E-state index is 11.9. The fourth-order valence-corrected chi connectivity index (χ4v) is 4.61. The maximum absolute atomic E-state index is 11.9. The van der Waals surface area contributed by atoms with Crippen molar-refractivity contribution in [2.75, 3.05) is 11.4 Å². The fourth-order valence-electron chi connectivity index (χ4n) is 3.71. The molecule has 33 heavy (non-hydrogen) atoms. The molecular formula is C26H27N3O3S. The number of carbonyl (C=O) groups is 1. The summed E-state index contributed by atoms with van der Waals surface area (Å²) in [6.45, 7) is 8.01. The van der Waals surface area contributed by atoms with Crippen LogP contribution in [-0.2, 0) is 16.0 Å². The molecule has 170 valence electrons. The van der Waals surface area contributed by atoms with Crippen molar-refractivity contribution < 1.29 is 14.6 Å². The van der Waals surface area contributed by atoms with Crippen molar-refractivity contribution in [3.05, 3.63) is 75.3 Å². The van der Waals surface area contributed by atoms with Crippen LogP contribution in [0.15, 0.2) is 53.6 Å². The predicted octanol–water partition coefficient (Wildman–Crippen LogP) is 5.69. The first kappa shape index (κ1) is 22.7. The van der Waals surface area contributed by atoms with Crippen LogP contribution in [0.25, 0.3) is 16.8 Å². The number of amidine groups is 1. The van der Waals surface area contributed by atoms with Crippen molar-refractivity contribution in [2.45, 2.75) is 40.2 Å². The molecule has 6 nitrogen and oxygen atoms in total. The van der Waals surface area contributed by atoms with Crippen LogP contribution in [-0.4, -0.2) is 34.5 Å². The third-order valence-electron chi connectivity index (χ3n) is 5.59. The number of aryl methyl sites for hydroxylation is 2. The topological polar surface area (TPSA) is 86.5 Å². The minimum atomic E-state index is -0.267. The fraction of sp³-hybridized carbons (Fsp3) is 0.269. The zero-order valence-corrected chi connectivity index (χ0v) is 20.0. The van der Waals surface area contributed by atoms with Gasteiger partial charge in [0.1, 0.15) is 16.6 Å². The molecule has 2 heterocycles. The van der Waals surface area contributed by atoms with Crippen molar-refractivity contribution in [3.63, 3.8) is 0 Å². The van der Waals surface area contributed by atoms with Gasteiger partial charge in [-0.05, 0) is 62.6 Å². The highest BCUT2D eigenvalue weighted by Crippen LogP contribution is 2.34. The van der Waals surface area contributed by atoms with Crippen LogP contribution >= 0.6 is 11.3 Å². The number of nitrogens with zero attached hydrogens (tertiary/aromatic N) is 2. The quantitative estimate of drug-likeness (QED) is 0.461. The summed E-state index contributed by atoms with van der Waals surface area (Å²) in [4.78, 5) is 18.3. The second kappa shape index (κ2) is 9.19. The Labute approximate surface area is 197 Å². The summed E-state index contributed by atoms with van der Waals surface area (Å²) < 4.78 is 5.20. The summed E-state index contributed by atoms with van der Waals surface area (Å²) in [6, 6.07) is 13.6. The molecule has 4 rings (SSSR count). The molecule has 0 amide bonds. The van der Waals surface area contributed by atoms with E-state index in [0.717, 1.165) is 22.5 Å². The first-order valence-corrected chi connectivity index (χ1v) is 11.7. The van der Waals surface area contributed by atoms with Crippen LogP contribution < -0.4 is 4.90 Å². The molecule has 0 saturated carbocycles. The van der Waals surface area contributed by atoms with Crippen molar-refractivity contribution >= 4 is 34.4 Å². The lowest BCUT2D eigenvalue weighted by molar-refractivity contribution is -0.146. The van der Waals surface area contributed by atoms with E-state index in [1.54, 1.807) is 4.90 Å². The summed E-state index contributed by atoms with van der Waals surface area (Å²) >= 11 is 1.42. The molecule has 3 aromatic rings. The number of nitrogens with one attached hydrogen (secondary N) is 1. The Morgan fingerprint density at radius 2 is 1.91 bits per heavy atom. The van der Waals surface area contributed by atoms with Crippen LogP contribution in [0.5, 0.6) is 0 Å². The van der Waals surface area contributed by atoms with Crippen molar-refractivity contribution in [3.8, 4) is 11.3 Å². The number of carbonyl (C=O) groups excluding carboxylic acids is 1. The van der Waals surface area contributed by atoms with Gasteiger partial charge < -0.3 is 14.7 Å². The highest BCUT2D eigenvalue weighted by Gasteiger charge is 2.31. The largest absolute Gasteiger partial charge is 0.510 e. The lowest BCUT2D eigenvalue weighted by Crippen LogP contribution is -2.26. The molecule has 0 atom stereocenters. The Bertz CT molecular complexity index is 1240. The lowest BCUT2D eigenvalue weighted by Gasteiger charge is -2.19. The second-order valence-electron chi connectivity index (χ2n) is 8.48. The van der Waals surface area contributed by atoms with Gasteiger partial charge in [0, 0.05) is 16.6 Å². The Kier molecular flexibility index (Phi) is 6.33. The van der Waals surface area contributed by atoms with E-state index in [1.807, 2.05) is 49.6 Å².